The van der Waals surface area contributed by atoms with Crippen molar-refractivity contribution >= 4 is 27.5 Å². The summed E-state index contributed by atoms with van der Waals surface area (Å²) in [6, 6.07) is 12.0. The van der Waals surface area contributed by atoms with E-state index in [0.717, 1.165) is 26.5 Å². The minimum absolute atomic E-state index is 0.0378. The molecule has 4 N–H and O–H groups in total. The quantitative estimate of drug-likeness (QED) is 0.753. The molecule has 0 saturated heterocycles. The van der Waals surface area contributed by atoms with Crippen molar-refractivity contribution in [2.45, 2.75) is 19.8 Å². The van der Waals surface area contributed by atoms with Gasteiger partial charge in [0.25, 0.3) is 5.91 Å². The van der Waals surface area contributed by atoms with Crippen LogP contribution in [0.1, 0.15) is 35.1 Å². The number of rotatable bonds is 5. The molecule has 5 nitrogen and oxygen atoms in total. The summed E-state index contributed by atoms with van der Waals surface area (Å²) < 4.78 is 1.94. The first-order valence-electron chi connectivity index (χ1n) is 7.77. The van der Waals surface area contributed by atoms with Crippen molar-refractivity contribution in [3.8, 4) is 5.69 Å². The maximum absolute atomic E-state index is 12.2. The van der Waals surface area contributed by atoms with Crippen LogP contribution in [-0.4, -0.2) is 28.8 Å². The van der Waals surface area contributed by atoms with Gasteiger partial charge < -0.3 is 11.1 Å². The summed E-state index contributed by atoms with van der Waals surface area (Å²) in [4.78, 5) is 14.0. The third-order valence-corrected chi connectivity index (χ3v) is 4.73. The van der Waals surface area contributed by atoms with Crippen LogP contribution in [0.25, 0.3) is 15.9 Å². The zero-order valence-electron chi connectivity index (χ0n) is 13.4. The number of carbonyl (C=O) groups excluding carboxylic acids is 1. The highest BCUT2D eigenvalue weighted by molar-refractivity contribution is 7.20. The van der Waals surface area contributed by atoms with E-state index in [1.54, 1.807) is 0 Å². The van der Waals surface area contributed by atoms with Gasteiger partial charge in [-0.2, -0.15) is 5.10 Å². The molecule has 0 radical (unpaired) electrons. The summed E-state index contributed by atoms with van der Waals surface area (Å²) in [6.07, 6.45) is 0. The Bertz CT molecular complexity index is 820. The maximum Gasteiger partial charge on any atom is 0.261 e. The molecule has 0 saturated carbocycles. The number of carbonyl (C=O) groups is 1. The summed E-state index contributed by atoms with van der Waals surface area (Å²) in [7, 11) is 0. The van der Waals surface area contributed by atoms with Crippen LogP contribution in [-0.2, 0) is 0 Å². The Kier molecular flexibility index (Phi) is 4.45. The highest BCUT2D eigenvalue weighted by Crippen LogP contribution is 2.33. The number of hydrogen-bond acceptors (Lipinski definition) is 3. The van der Waals surface area contributed by atoms with Gasteiger partial charge in [0.05, 0.1) is 29.3 Å². The van der Waals surface area contributed by atoms with E-state index in [9.17, 15) is 4.79 Å². The topological polar surface area (TPSA) is 74.6 Å². The molecule has 3 rings (SSSR count). The number of thiophene rings is 1. The number of hydrogen-bond donors (Lipinski definition) is 2. The molecule has 0 unspecified atom stereocenters. The Morgan fingerprint density at radius 1 is 1.35 bits per heavy atom. The van der Waals surface area contributed by atoms with Crippen LogP contribution in [0.3, 0.4) is 0 Å². The second-order valence-corrected chi connectivity index (χ2v) is 6.76. The van der Waals surface area contributed by atoms with E-state index in [2.05, 4.69) is 24.9 Å². The number of nitrogens with one attached hydrogen (secondary N) is 1. The highest BCUT2D eigenvalue weighted by Gasteiger charge is 2.20. The second kappa shape index (κ2) is 6.52. The monoisotopic (exact) mass is 329 g/mol. The predicted octanol–water partition coefficient (Wildman–Crippen LogP) is 2.18. The zero-order valence-corrected chi connectivity index (χ0v) is 14.2. The maximum atomic E-state index is 12.2. The molecule has 0 aliphatic carbocycles. The molecule has 0 aliphatic rings. The lowest BCUT2D eigenvalue weighted by Gasteiger charge is -2.03. The third-order valence-electron chi connectivity index (χ3n) is 3.62. The predicted molar refractivity (Wildman–Crippen MR) is 93.1 cm³/mol. The minimum Gasteiger partial charge on any atom is -0.356 e. The van der Waals surface area contributed by atoms with Gasteiger partial charge in [-0.15, -0.1) is 11.3 Å². The van der Waals surface area contributed by atoms with E-state index in [-0.39, 0.29) is 5.91 Å². The Hall–Kier alpha value is -2.18. The standard InChI is InChI=1S/C17H20N4OS/c1-11(2)15-13-10-14(16(22)19-9-8-18)23-17(13)21(20-15)12-6-4-3-5-7-12/h3-7,10-11H,8-9,18H2,1-2H3,(H,19,22)/p+1. The van der Waals surface area contributed by atoms with Crippen molar-refractivity contribution in [1.82, 2.24) is 15.1 Å². The fraction of sp³-hybridized carbons (Fsp3) is 0.294. The normalized spacial score (nSPS) is 11.3. The third kappa shape index (κ3) is 3.00. The Balaban J connectivity index is 2.11. The van der Waals surface area contributed by atoms with Crippen LogP contribution in [0.15, 0.2) is 36.4 Å². The summed E-state index contributed by atoms with van der Waals surface area (Å²) in [6.45, 7) is 5.52. The molecule has 0 aliphatic heterocycles. The summed E-state index contributed by atoms with van der Waals surface area (Å²) in [5.41, 5.74) is 5.78. The van der Waals surface area contributed by atoms with Crippen LogP contribution < -0.4 is 11.1 Å². The molecule has 3 aromatic rings. The fourth-order valence-corrected chi connectivity index (χ4v) is 3.56. The van der Waals surface area contributed by atoms with Crippen molar-refractivity contribution < 1.29 is 10.5 Å². The Morgan fingerprint density at radius 2 is 2.09 bits per heavy atom. The molecule has 2 aromatic heterocycles. The van der Waals surface area contributed by atoms with Crippen LogP contribution in [0.4, 0.5) is 0 Å². The molecule has 0 atom stereocenters. The second-order valence-electron chi connectivity index (χ2n) is 5.73. The molecule has 0 fully saturated rings. The molecule has 1 amide bonds. The first-order chi connectivity index (χ1) is 11.1. The van der Waals surface area contributed by atoms with E-state index in [0.29, 0.717) is 19.0 Å². The Morgan fingerprint density at radius 3 is 2.74 bits per heavy atom. The largest absolute Gasteiger partial charge is 0.356 e. The van der Waals surface area contributed by atoms with Crippen LogP contribution >= 0.6 is 11.3 Å². The van der Waals surface area contributed by atoms with Gasteiger partial charge in [-0.1, -0.05) is 32.0 Å². The van der Waals surface area contributed by atoms with Crippen molar-refractivity contribution in [3.63, 3.8) is 0 Å². The van der Waals surface area contributed by atoms with E-state index in [4.69, 9.17) is 5.10 Å². The van der Waals surface area contributed by atoms with E-state index >= 15 is 0 Å². The molecule has 0 bridgehead atoms. The number of aromatic nitrogens is 2. The molecule has 1 aromatic carbocycles. The van der Waals surface area contributed by atoms with Gasteiger partial charge in [0.1, 0.15) is 4.83 Å². The molecular weight excluding hydrogens is 308 g/mol. The zero-order chi connectivity index (χ0) is 16.4. The lowest BCUT2D eigenvalue weighted by molar-refractivity contribution is -0.364. The van der Waals surface area contributed by atoms with Gasteiger partial charge in [-0.05, 0) is 24.1 Å². The number of fused-ring (bicyclic) bond motifs is 1. The molecule has 6 heteroatoms. The van der Waals surface area contributed by atoms with Gasteiger partial charge in [0.2, 0.25) is 0 Å². The van der Waals surface area contributed by atoms with Gasteiger partial charge in [0, 0.05) is 5.39 Å². The number of quaternary nitrogens is 1. The molecule has 0 spiro atoms. The fourth-order valence-electron chi connectivity index (χ4n) is 2.50. The average molecular weight is 329 g/mol. The number of benzene rings is 1. The van der Waals surface area contributed by atoms with Gasteiger partial charge in [0.15, 0.2) is 0 Å². The van der Waals surface area contributed by atoms with Crippen LogP contribution in [0, 0.1) is 0 Å². The summed E-state index contributed by atoms with van der Waals surface area (Å²) in [5, 5.41) is 8.72. The lowest BCUT2D eigenvalue weighted by Crippen LogP contribution is -2.54. The van der Waals surface area contributed by atoms with Gasteiger partial charge >= 0.3 is 0 Å². The molecular formula is C17H21N4OS+. The van der Waals surface area contributed by atoms with Gasteiger partial charge in [-0.25, -0.2) is 4.68 Å². The van der Waals surface area contributed by atoms with Crippen LogP contribution in [0.5, 0.6) is 0 Å². The van der Waals surface area contributed by atoms with E-state index < -0.39 is 0 Å². The SMILES string of the molecule is CC(C)c1nn(-c2ccccc2)c2sc(C(=O)NCC[NH3+])cc12. The first-order valence-corrected chi connectivity index (χ1v) is 8.58. The van der Waals surface area contributed by atoms with E-state index in [1.807, 2.05) is 41.1 Å². The first kappa shape index (κ1) is 15.7. The molecule has 120 valence electrons. The van der Waals surface area contributed by atoms with Crippen molar-refractivity contribution in [1.29, 1.82) is 0 Å². The summed E-state index contributed by atoms with van der Waals surface area (Å²) in [5.74, 6) is 0.261. The van der Waals surface area contributed by atoms with Crippen molar-refractivity contribution in [3.05, 3.63) is 47.0 Å². The van der Waals surface area contributed by atoms with Crippen molar-refractivity contribution in [2.24, 2.45) is 0 Å². The number of nitrogens with zero attached hydrogens (tertiary/aromatic N) is 2. The molecule has 23 heavy (non-hydrogen) atoms. The van der Waals surface area contributed by atoms with E-state index in [1.165, 1.54) is 11.3 Å². The van der Waals surface area contributed by atoms with Crippen LogP contribution in [0.2, 0.25) is 0 Å². The van der Waals surface area contributed by atoms with Crippen molar-refractivity contribution in [2.75, 3.05) is 13.1 Å². The summed E-state index contributed by atoms with van der Waals surface area (Å²) >= 11 is 1.48. The smallest absolute Gasteiger partial charge is 0.261 e. The Labute approximate surface area is 139 Å². The minimum atomic E-state index is -0.0378. The number of para-hydroxylation sites is 1. The lowest BCUT2D eigenvalue weighted by atomic mass is 10.1. The van der Waals surface area contributed by atoms with Gasteiger partial charge in [-0.3, -0.25) is 4.79 Å². The number of amides is 1. The molecule has 2 heterocycles. The average Bonchev–Trinajstić information content (AvgIpc) is 3.12. The highest BCUT2D eigenvalue weighted by atomic mass is 32.1.